The van der Waals surface area contributed by atoms with Crippen molar-refractivity contribution >= 4 is 17.7 Å². The quantitative estimate of drug-likeness (QED) is 0.832. The number of imidazole rings is 1. The molecule has 0 aromatic carbocycles. The summed E-state index contributed by atoms with van der Waals surface area (Å²) in [5.41, 5.74) is -0.508. The monoisotopic (exact) mass is 283 g/mol. The predicted octanol–water partition coefficient (Wildman–Crippen LogP) is 1.59. The molecule has 1 aliphatic carbocycles. The number of carbonyl (C=O) groups excluding carboxylic acids is 1. The number of aryl methyl sites for hydroxylation is 1. The lowest BCUT2D eigenvalue weighted by Gasteiger charge is -2.27. The first-order valence-corrected chi connectivity index (χ1v) is 7.46. The zero-order valence-corrected chi connectivity index (χ0v) is 12.5. The highest BCUT2D eigenvalue weighted by molar-refractivity contribution is 7.99. The van der Waals surface area contributed by atoms with Crippen molar-refractivity contribution in [2.24, 2.45) is 7.05 Å². The summed E-state index contributed by atoms with van der Waals surface area (Å²) in [4.78, 5) is 16.4. The molecule has 2 atom stereocenters. The lowest BCUT2D eigenvalue weighted by atomic mass is 9.98. The number of nitrogens with zero attached hydrogens (tertiary/aromatic N) is 2. The maximum Gasteiger partial charge on any atom is 0.326 e. The Morgan fingerprint density at radius 3 is 3.11 bits per heavy atom. The fraction of sp³-hybridized carbons (Fsp3) is 0.692. The SMILES string of the molecule is CCNC1(C(=O)OC)CCC(Sc2nccn2C)C1. The van der Waals surface area contributed by atoms with Crippen molar-refractivity contribution in [2.45, 2.75) is 42.1 Å². The molecule has 1 saturated carbocycles. The Morgan fingerprint density at radius 1 is 1.74 bits per heavy atom. The molecule has 0 amide bonds. The second kappa shape index (κ2) is 5.96. The summed E-state index contributed by atoms with van der Waals surface area (Å²) in [7, 11) is 3.45. The van der Waals surface area contributed by atoms with Crippen LogP contribution in [0.15, 0.2) is 17.6 Å². The van der Waals surface area contributed by atoms with E-state index < -0.39 is 5.54 Å². The summed E-state index contributed by atoms with van der Waals surface area (Å²) in [5.74, 6) is -0.141. The van der Waals surface area contributed by atoms with E-state index in [1.807, 2.05) is 24.7 Å². The number of thioether (sulfide) groups is 1. The Hall–Kier alpha value is -1.01. The van der Waals surface area contributed by atoms with Crippen LogP contribution < -0.4 is 5.32 Å². The van der Waals surface area contributed by atoms with Crippen LogP contribution in [0.4, 0.5) is 0 Å². The molecule has 0 radical (unpaired) electrons. The van der Waals surface area contributed by atoms with Gasteiger partial charge in [0.1, 0.15) is 5.54 Å². The number of aromatic nitrogens is 2. The number of rotatable bonds is 5. The van der Waals surface area contributed by atoms with E-state index in [0.29, 0.717) is 5.25 Å². The average molecular weight is 283 g/mol. The van der Waals surface area contributed by atoms with Crippen LogP contribution in [0.1, 0.15) is 26.2 Å². The van der Waals surface area contributed by atoms with Crippen molar-refractivity contribution in [1.82, 2.24) is 14.9 Å². The summed E-state index contributed by atoms with van der Waals surface area (Å²) >= 11 is 1.74. The molecule has 1 heterocycles. The largest absolute Gasteiger partial charge is 0.468 e. The molecule has 1 N–H and O–H groups in total. The van der Waals surface area contributed by atoms with Gasteiger partial charge in [-0.25, -0.2) is 4.98 Å². The number of esters is 1. The Bertz CT molecular complexity index is 449. The van der Waals surface area contributed by atoms with E-state index >= 15 is 0 Å². The van der Waals surface area contributed by atoms with Crippen molar-refractivity contribution < 1.29 is 9.53 Å². The molecule has 2 unspecified atom stereocenters. The highest BCUT2D eigenvalue weighted by atomic mass is 32.2. The number of nitrogens with one attached hydrogen (secondary N) is 1. The first-order valence-electron chi connectivity index (χ1n) is 6.58. The Morgan fingerprint density at radius 2 is 2.53 bits per heavy atom. The highest BCUT2D eigenvalue weighted by Gasteiger charge is 2.46. The Labute approximate surface area is 118 Å². The zero-order valence-electron chi connectivity index (χ0n) is 11.7. The number of hydrogen-bond acceptors (Lipinski definition) is 5. The van der Waals surface area contributed by atoms with Gasteiger partial charge in [0.15, 0.2) is 5.16 Å². The molecular formula is C13H21N3O2S. The summed E-state index contributed by atoms with van der Waals surface area (Å²) in [6, 6.07) is 0. The molecule has 0 saturated heterocycles. The predicted molar refractivity (Wildman–Crippen MR) is 75.1 cm³/mol. The first kappa shape index (κ1) is 14.4. The molecule has 5 nitrogen and oxygen atoms in total. The summed E-state index contributed by atoms with van der Waals surface area (Å²) in [5, 5.41) is 4.72. The number of methoxy groups -OCH3 is 1. The Balaban J connectivity index is 2.04. The Kier molecular flexibility index (Phi) is 4.52. The second-order valence-electron chi connectivity index (χ2n) is 4.91. The van der Waals surface area contributed by atoms with Gasteiger partial charge in [-0.3, -0.25) is 4.79 Å². The van der Waals surface area contributed by atoms with Crippen LogP contribution in [0, 0.1) is 0 Å². The van der Waals surface area contributed by atoms with Gasteiger partial charge in [-0.2, -0.15) is 0 Å². The minimum absolute atomic E-state index is 0.141. The van der Waals surface area contributed by atoms with Gasteiger partial charge >= 0.3 is 5.97 Å². The van der Waals surface area contributed by atoms with Crippen molar-refractivity contribution in [3.63, 3.8) is 0 Å². The third-order valence-electron chi connectivity index (χ3n) is 3.61. The van der Waals surface area contributed by atoms with Crippen molar-refractivity contribution in [2.75, 3.05) is 13.7 Å². The third kappa shape index (κ3) is 2.95. The van der Waals surface area contributed by atoms with Crippen LogP contribution >= 0.6 is 11.8 Å². The van der Waals surface area contributed by atoms with Gasteiger partial charge in [0, 0.05) is 24.7 Å². The first-order chi connectivity index (χ1) is 9.11. The molecule has 1 aromatic heterocycles. The molecule has 0 aliphatic heterocycles. The van der Waals surface area contributed by atoms with Crippen molar-refractivity contribution in [1.29, 1.82) is 0 Å². The van der Waals surface area contributed by atoms with Crippen LogP contribution in [0.5, 0.6) is 0 Å². The molecular weight excluding hydrogens is 262 g/mol. The molecule has 1 aliphatic rings. The maximum atomic E-state index is 12.0. The van der Waals surface area contributed by atoms with Gasteiger partial charge in [-0.15, -0.1) is 0 Å². The average Bonchev–Trinajstić information content (AvgIpc) is 2.98. The number of carbonyl (C=O) groups is 1. The fourth-order valence-electron chi connectivity index (χ4n) is 2.67. The van der Waals surface area contributed by atoms with E-state index in [1.165, 1.54) is 7.11 Å². The summed E-state index contributed by atoms with van der Waals surface area (Å²) in [6.07, 6.45) is 6.37. The zero-order chi connectivity index (χ0) is 13.9. The van der Waals surface area contributed by atoms with Gasteiger partial charge in [0.25, 0.3) is 0 Å². The van der Waals surface area contributed by atoms with E-state index in [0.717, 1.165) is 31.0 Å². The van der Waals surface area contributed by atoms with E-state index in [4.69, 9.17) is 4.74 Å². The number of hydrogen-bond donors (Lipinski definition) is 1. The molecule has 1 fully saturated rings. The fourth-order valence-corrected chi connectivity index (χ4v) is 3.92. The number of ether oxygens (including phenoxy) is 1. The van der Waals surface area contributed by atoms with Crippen LogP contribution in [0.2, 0.25) is 0 Å². The molecule has 106 valence electrons. The summed E-state index contributed by atoms with van der Waals surface area (Å²) < 4.78 is 6.98. The van der Waals surface area contributed by atoms with Crippen LogP contribution in [0.25, 0.3) is 0 Å². The molecule has 0 bridgehead atoms. The lowest BCUT2D eigenvalue weighted by molar-refractivity contribution is -0.148. The molecule has 6 heteroatoms. The topological polar surface area (TPSA) is 56.1 Å². The highest BCUT2D eigenvalue weighted by Crippen LogP contribution is 2.40. The molecule has 1 aromatic rings. The maximum absolute atomic E-state index is 12.0. The van der Waals surface area contributed by atoms with Crippen LogP contribution in [-0.4, -0.2) is 40.0 Å². The van der Waals surface area contributed by atoms with Gasteiger partial charge in [-0.1, -0.05) is 18.7 Å². The van der Waals surface area contributed by atoms with E-state index in [2.05, 4.69) is 10.3 Å². The van der Waals surface area contributed by atoms with Gasteiger partial charge < -0.3 is 14.6 Å². The van der Waals surface area contributed by atoms with Gasteiger partial charge in [0.2, 0.25) is 0 Å². The van der Waals surface area contributed by atoms with E-state index in [-0.39, 0.29) is 5.97 Å². The molecule has 2 rings (SSSR count). The van der Waals surface area contributed by atoms with E-state index in [9.17, 15) is 4.79 Å². The normalized spacial score (nSPS) is 26.6. The van der Waals surface area contributed by atoms with E-state index in [1.54, 1.807) is 18.0 Å². The smallest absolute Gasteiger partial charge is 0.326 e. The van der Waals surface area contributed by atoms with Gasteiger partial charge in [-0.05, 0) is 25.8 Å². The minimum atomic E-state index is -0.508. The summed E-state index contributed by atoms with van der Waals surface area (Å²) in [6.45, 7) is 2.79. The minimum Gasteiger partial charge on any atom is -0.468 e. The third-order valence-corrected chi connectivity index (χ3v) is 4.95. The van der Waals surface area contributed by atoms with Crippen molar-refractivity contribution in [3.05, 3.63) is 12.4 Å². The molecule has 0 spiro atoms. The van der Waals surface area contributed by atoms with Crippen LogP contribution in [0.3, 0.4) is 0 Å². The standard InChI is InChI=1S/C13H21N3O2S/c1-4-15-13(11(17)18-3)6-5-10(9-13)19-12-14-7-8-16(12)2/h7-8,10,15H,4-6,9H2,1-3H3. The lowest BCUT2D eigenvalue weighted by Crippen LogP contribution is -2.50. The number of likely N-dealkylation sites (N-methyl/N-ethyl adjacent to an activating group) is 1. The van der Waals surface area contributed by atoms with Gasteiger partial charge in [0.05, 0.1) is 7.11 Å². The second-order valence-corrected chi connectivity index (χ2v) is 6.17. The van der Waals surface area contributed by atoms with Crippen molar-refractivity contribution in [3.8, 4) is 0 Å². The molecule has 19 heavy (non-hydrogen) atoms. The van der Waals surface area contributed by atoms with Crippen LogP contribution in [-0.2, 0) is 16.6 Å².